The predicted octanol–water partition coefficient (Wildman–Crippen LogP) is 2.05. The molecule has 0 bridgehead atoms. The van der Waals surface area contributed by atoms with Crippen LogP contribution in [0.3, 0.4) is 0 Å². The van der Waals surface area contributed by atoms with E-state index in [1.165, 1.54) is 13.6 Å². The highest BCUT2D eigenvalue weighted by Crippen LogP contribution is 2.16. The van der Waals surface area contributed by atoms with Gasteiger partial charge in [-0.3, -0.25) is 0 Å². The SMILES string of the molecule is CCc1c(C)sc(I)[n+]1C. The third kappa shape index (κ3) is 1.34. The second kappa shape index (κ2) is 3.17. The lowest BCUT2D eigenvalue weighted by Crippen LogP contribution is -2.33. The molecule has 0 aliphatic carbocycles. The second-order valence-electron chi connectivity index (χ2n) is 2.27. The van der Waals surface area contributed by atoms with E-state index in [-0.39, 0.29) is 0 Å². The molecule has 3 heteroatoms. The van der Waals surface area contributed by atoms with Crippen LogP contribution in [0.2, 0.25) is 0 Å². The van der Waals surface area contributed by atoms with Crippen molar-refractivity contribution in [2.24, 2.45) is 7.05 Å². The van der Waals surface area contributed by atoms with Gasteiger partial charge in [-0.05, 0) is 6.92 Å². The standard InChI is InChI=1S/C7H11INS/c1-4-6-5(2)10-7(8)9(6)3/h4H2,1-3H3/q+1. The van der Waals surface area contributed by atoms with Crippen LogP contribution in [0.1, 0.15) is 17.5 Å². The molecule has 1 nitrogen and oxygen atoms in total. The third-order valence-corrected chi connectivity index (χ3v) is 4.02. The molecule has 0 saturated heterocycles. The van der Waals surface area contributed by atoms with Gasteiger partial charge in [-0.1, -0.05) is 18.3 Å². The van der Waals surface area contributed by atoms with Gasteiger partial charge in [0.1, 0.15) is 7.05 Å². The van der Waals surface area contributed by atoms with Crippen LogP contribution >= 0.6 is 33.9 Å². The van der Waals surface area contributed by atoms with Crippen LogP contribution in [-0.2, 0) is 13.5 Å². The minimum Gasteiger partial charge on any atom is -0.184 e. The lowest BCUT2D eigenvalue weighted by atomic mass is 10.3. The summed E-state index contributed by atoms with van der Waals surface area (Å²) in [6.07, 6.45) is 1.14. The van der Waals surface area contributed by atoms with Crippen LogP contribution in [0.15, 0.2) is 0 Å². The topological polar surface area (TPSA) is 3.88 Å². The number of rotatable bonds is 1. The Morgan fingerprint density at radius 1 is 1.60 bits per heavy atom. The highest BCUT2D eigenvalue weighted by atomic mass is 127. The first-order chi connectivity index (χ1) is 4.66. The molecule has 1 rings (SSSR count). The van der Waals surface area contributed by atoms with E-state index in [2.05, 4.69) is 48.1 Å². The summed E-state index contributed by atoms with van der Waals surface area (Å²) in [6, 6.07) is 0. The van der Waals surface area contributed by atoms with Gasteiger partial charge in [-0.15, -0.1) is 0 Å². The Morgan fingerprint density at radius 2 is 2.20 bits per heavy atom. The number of aryl methyl sites for hydroxylation is 1. The largest absolute Gasteiger partial charge is 0.297 e. The van der Waals surface area contributed by atoms with Gasteiger partial charge in [0, 0.05) is 6.42 Å². The van der Waals surface area contributed by atoms with Crippen molar-refractivity contribution in [1.82, 2.24) is 0 Å². The quantitative estimate of drug-likeness (QED) is 0.542. The normalized spacial score (nSPS) is 10.4. The van der Waals surface area contributed by atoms with E-state index in [1.54, 1.807) is 0 Å². The van der Waals surface area contributed by atoms with Gasteiger partial charge in [-0.25, -0.2) is 0 Å². The van der Waals surface area contributed by atoms with Crippen LogP contribution < -0.4 is 4.57 Å². The third-order valence-electron chi connectivity index (χ3n) is 1.65. The first-order valence-electron chi connectivity index (χ1n) is 3.30. The fourth-order valence-electron chi connectivity index (χ4n) is 1.08. The number of nitrogens with zero attached hydrogens (tertiary/aromatic N) is 1. The Bertz CT molecular complexity index is 242. The molecular weight excluding hydrogens is 257 g/mol. The van der Waals surface area contributed by atoms with Crippen LogP contribution in [0.25, 0.3) is 0 Å². The summed E-state index contributed by atoms with van der Waals surface area (Å²) in [5.74, 6) is 0. The predicted molar refractivity (Wildman–Crippen MR) is 52.3 cm³/mol. The minimum absolute atomic E-state index is 1.14. The molecule has 0 atom stereocenters. The van der Waals surface area contributed by atoms with Gasteiger partial charge in [0.15, 0.2) is 5.69 Å². The molecule has 0 saturated carbocycles. The summed E-state index contributed by atoms with van der Waals surface area (Å²) >= 11 is 4.25. The van der Waals surface area contributed by atoms with Gasteiger partial charge >= 0.3 is 0 Å². The Hall–Kier alpha value is 0.360. The molecule has 0 aliphatic rings. The van der Waals surface area contributed by atoms with Gasteiger partial charge in [0.05, 0.1) is 27.5 Å². The van der Waals surface area contributed by atoms with Crippen molar-refractivity contribution in [2.75, 3.05) is 0 Å². The van der Waals surface area contributed by atoms with E-state index in [4.69, 9.17) is 0 Å². The summed E-state index contributed by atoms with van der Waals surface area (Å²) in [6.45, 7) is 4.39. The van der Waals surface area contributed by atoms with E-state index >= 15 is 0 Å². The molecule has 1 aromatic heterocycles. The number of aromatic nitrogens is 1. The Kier molecular flexibility index (Phi) is 2.68. The van der Waals surface area contributed by atoms with Gasteiger partial charge < -0.3 is 0 Å². The summed E-state index contributed by atoms with van der Waals surface area (Å²) in [7, 11) is 2.13. The van der Waals surface area contributed by atoms with Crippen molar-refractivity contribution in [2.45, 2.75) is 20.3 Å². The average molecular weight is 268 g/mol. The van der Waals surface area contributed by atoms with Crippen LogP contribution in [0, 0.1) is 9.94 Å². The molecule has 0 N–H and O–H groups in total. The van der Waals surface area contributed by atoms with E-state index in [1.807, 2.05) is 11.3 Å². The van der Waals surface area contributed by atoms with Gasteiger partial charge in [-0.2, -0.15) is 4.57 Å². The number of hydrogen-bond donors (Lipinski definition) is 0. The fourth-order valence-corrected chi connectivity index (χ4v) is 3.26. The summed E-state index contributed by atoms with van der Waals surface area (Å²) in [5, 5.41) is 0. The molecule has 0 spiro atoms. The molecule has 0 amide bonds. The zero-order valence-corrected chi connectivity index (χ0v) is 9.41. The Labute approximate surface area is 79.2 Å². The summed E-state index contributed by atoms with van der Waals surface area (Å²) < 4.78 is 3.63. The second-order valence-corrected chi connectivity index (χ2v) is 5.23. The molecule has 1 aromatic rings. The van der Waals surface area contributed by atoms with Crippen molar-refractivity contribution in [3.05, 3.63) is 13.6 Å². The summed E-state index contributed by atoms with van der Waals surface area (Å²) in [5.41, 5.74) is 1.47. The van der Waals surface area contributed by atoms with Crippen LogP contribution in [-0.4, -0.2) is 0 Å². The fraction of sp³-hybridized carbons (Fsp3) is 0.571. The summed E-state index contributed by atoms with van der Waals surface area (Å²) in [4.78, 5) is 1.45. The number of halogens is 1. The molecule has 0 aromatic carbocycles. The smallest absolute Gasteiger partial charge is 0.184 e. The maximum Gasteiger partial charge on any atom is 0.297 e. The van der Waals surface area contributed by atoms with Crippen LogP contribution in [0.5, 0.6) is 0 Å². The molecule has 0 aliphatic heterocycles. The molecule has 1 heterocycles. The Balaban J connectivity index is 3.20. The number of hydrogen-bond acceptors (Lipinski definition) is 1. The molecule has 56 valence electrons. The van der Waals surface area contributed by atoms with Crippen molar-refractivity contribution in [3.8, 4) is 0 Å². The average Bonchev–Trinajstić information content (AvgIpc) is 2.09. The van der Waals surface area contributed by atoms with E-state index in [0.29, 0.717) is 0 Å². The highest BCUT2D eigenvalue weighted by molar-refractivity contribution is 14.1. The van der Waals surface area contributed by atoms with Crippen molar-refractivity contribution in [1.29, 1.82) is 0 Å². The lowest BCUT2D eigenvalue weighted by molar-refractivity contribution is -0.686. The zero-order chi connectivity index (χ0) is 7.72. The van der Waals surface area contributed by atoms with Crippen LogP contribution in [0.4, 0.5) is 0 Å². The maximum atomic E-state index is 2.38. The molecule has 0 radical (unpaired) electrons. The zero-order valence-electron chi connectivity index (χ0n) is 6.44. The van der Waals surface area contributed by atoms with Crippen molar-refractivity contribution < 1.29 is 4.57 Å². The molecule has 0 fully saturated rings. The van der Waals surface area contributed by atoms with Crippen molar-refractivity contribution in [3.63, 3.8) is 0 Å². The van der Waals surface area contributed by atoms with E-state index < -0.39 is 0 Å². The van der Waals surface area contributed by atoms with Gasteiger partial charge in [0.25, 0.3) is 3.01 Å². The molecular formula is C7H11INS+. The number of thiazole rings is 1. The molecule has 0 unspecified atom stereocenters. The minimum atomic E-state index is 1.14. The van der Waals surface area contributed by atoms with E-state index in [0.717, 1.165) is 6.42 Å². The highest BCUT2D eigenvalue weighted by Gasteiger charge is 2.15. The Morgan fingerprint density at radius 3 is 2.40 bits per heavy atom. The van der Waals surface area contributed by atoms with E-state index in [9.17, 15) is 0 Å². The first-order valence-corrected chi connectivity index (χ1v) is 5.20. The lowest BCUT2D eigenvalue weighted by Gasteiger charge is -1.87. The maximum absolute atomic E-state index is 2.38. The first kappa shape index (κ1) is 8.46. The van der Waals surface area contributed by atoms with Crippen molar-refractivity contribution >= 4 is 33.9 Å². The monoisotopic (exact) mass is 268 g/mol. The molecule has 10 heavy (non-hydrogen) atoms. The van der Waals surface area contributed by atoms with Gasteiger partial charge in [0.2, 0.25) is 0 Å².